The molecule has 1 aliphatic heterocycles. The third-order valence-corrected chi connectivity index (χ3v) is 6.32. The maximum atomic E-state index is 11.5. The summed E-state index contributed by atoms with van der Waals surface area (Å²) in [6.45, 7) is 4.05. The average Bonchev–Trinajstić information content (AvgIpc) is 3.14. The zero-order chi connectivity index (χ0) is 25.4. The number of phenols is 1. The predicted molar refractivity (Wildman–Crippen MR) is 143 cm³/mol. The molecule has 1 unspecified atom stereocenters. The van der Waals surface area contributed by atoms with E-state index in [1.807, 2.05) is 62.4 Å². The molecule has 0 fully saturated rings. The van der Waals surface area contributed by atoms with Gasteiger partial charge in [0.25, 0.3) is 0 Å². The second kappa shape index (κ2) is 9.24. The van der Waals surface area contributed by atoms with Crippen molar-refractivity contribution in [2.75, 3.05) is 10.2 Å². The first-order valence-corrected chi connectivity index (χ1v) is 11.6. The number of aryl methyl sites for hydroxylation is 2. The summed E-state index contributed by atoms with van der Waals surface area (Å²) in [6.07, 6.45) is 0.633. The second-order valence-corrected chi connectivity index (χ2v) is 8.94. The Hall–Kier alpha value is -4.55. The van der Waals surface area contributed by atoms with E-state index in [9.17, 15) is 20.1 Å². The number of aromatic hydroxyl groups is 1. The minimum absolute atomic E-state index is 0.117. The fourth-order valence-corrected chi connectivity index (χ4v) is 4.74. The Bertz CT molecular complexity index is 1490. The Balaban J connectivity index is 1.51. The van der Waals surface area contributed by atoms with E-state index in [0.717, 1.165) is 27.9 Å². The third kappa shape index (κ3) is 4.19. The monoisotopic (exact) mass is 478 g/mol. The first-order valence-electron chi connectivity index (χ1n) is 11.6. The number of para-hydroxylation sites is 2. The van der Waals surface area contributed by atoms with Gasteiger partial charge < -0.3 is 25.5 Å². The van der Waals surface area contributed by atoms with Gasteiger partial charge in [0.2, 0.25) is 0 Å². The van der Waals surface area contributed by atoms with Crippen molar-refractivity contribution in [1.82, 2.24) is 0 Å². The lowest BCUT2D eigenvalue weighted by Gasteiger charge is -2.24. The first kappa shape index (κ1) is 23.2. The lowest BCUT2D eigenvalue weighted by atomic mass is 9.99. The number of anilines is 3. The van der Waals surface area contributed by atoms with Crippen LogP contribution in [-0.2, 0) is 0 Å². The number of aromatic carboxylic acids is 1. The van der Waals surface area contributed by atoms with Gasteiger partial charge in [-0.1, -0.05) is 65.7 Å². The summed E-state index contributed by atoms with van der Waals surface area (Å²) in [6, 6.07) is 25.7. The quantitative estimate of drug-likeness (QED) is 0.252. The van der Waals surface area contributed by atoms with Crippen molar-refractivity contribution in [1.29, 1.82) is 0 Å². The Morgan fingerprint density at radius 1 is 0.889 bits per heavy atom. The molecule has 1 aliphatic rings. The van der Waals surface area contributed by atoms with E-state index in [2.05, 4.69) is 11.4 Å². The van der Waals surface area contributed by atoms with Crippen LogP contribution in [-0.4, -0.2) is 27.5 Å². The molecule has 0 radical (unpaired) electrons. The number of benzene rings is 4. The second-order valence-electron chi connectivity index (χ2n) is 8.94. The molecule has 0 saturated heterocycles. The number of hydrogen-bond donors (Lipinski definition) is 4. The molecular weight excluding hydrogens is 452 g/mol. The summed E-state index contributed by atoms with van der Waals surface area (Å²) in [5, 5.41) is 34.9. The first-order chi connectivity index (χ1) is 17.3. The van der Waals surface area contributed by atoms with Crippen LogP contribution in [0.3, 0.4) is 0 Å². The highest BCUT2D eigenvalue weighted by Crippen LogP contribution is 2.44. The number of carboxylic acid groups (broad SMARTS) is 1. The Morgan fingerprint density at radius 3 is 2.33 bits per heavy atom. The minimum Gasteiger partial charge on any atom is -0.505 e. The van der Waals surface area contributed by atoms with Crippen LogP contribution in [0.1, 0.15) is 27.0 Å². The molecular formula is C30H26N2O4. The highest BCUT2D eigenvalue weighted by Gasteiger charge is 2.33. The molecule has 6 heteroatoms. The maximum Gasteiger partial charge on any atom is 0.335 e. The number of nitrogens with one attached hydrogen (secondary N) is 1. The summed E-state index contributed by atoms with van der Waals surface area (Å²) < 4.78 is 0. The van der Waals surface area contributed by atoms with Crippen LogP contribution in [0.5, 0.6) is 5.75 Å². The fraction of sp³-hybridized carbons (Fsp3) is 0.100. The van der Waals surface area contributed by atoms with Gasteiger partial charge >= 0.3 is 5.97 Å². The van der Waals surface area contributed by atoms with Crippen LogP contribution in [0, 0.1) is 13.8 Å². The Labute approximate surface area is 209 Å². The van der Waals surface area contributed by atoms with E-state index >= 15 is 0 Å². The number of carbonyl (C=O) groups is 1. The van der Waals surface area contributed by atoms with Crippen LogP contribution < -0.4 is 10.2 Å². The molecule has 0 spiro atoms. The van der Waals surface area contributed by atoms with E-state index in [1.165, 1.54) is 12.1 Å². The van der Waals surface area contributed by atoms with Crippen molar-refractivity contribution >= 4 is 28.6 Å². The summed E-state index contributed by atoms with van der Waals surface area (Å²) >= 11 is 0. The van der Waals surface area contributed by atoms with Gasteiger partial charge in [-0.25, -0.2) is 4.79 Å². The number of aliphatic hydroxyl groups excluding tert-OH is 1. The maximum absolute atomic E-state index is 11.5. The van der Waals surface area contributed by atoms with Crippen LogP contribution in [0.2, 0.25) is 0 Å². The SMILES string of the molecule is Cc1cc(C)cc(-c2cccc(N/C=C3/c4ccccc4N(c4cccc(C(=O)O)c4)C3O)c2O)c1. The van der Waals surface area contributed by atoms with Gasteiger partial charge in [0.1, 0.15) is 5.75 Å². The molecule has 0 aromatic heterocycles. The lowest BCUT2D eigenvalue weighted by molar-refractivity contribution is 0.0697. The summed E-state index contributed by atoms with van der Waals surface area (Å²) in [7, 11) is 0. The lowest BCUT2D eigenvalue weighted by Crippen LogP contribution is -2.26. The molecule has 4 N–H and O–H groups in total. The van der Waals surface area contributed by atoms with Gasteiger partial charge in [-0.05, 0) is 49.7 Å². The van der Waals surface area contributed by atoms with Crippen molar-refractivity contribution in [2.45, 2.75) is 20.1 Å². The van der Waals surface area contributed by atoms with Crippen LogP contribution in [0.4, 0.5) is 17.1 Å². The minimum atomic E-state index is -1.05. The van der Waals surface area contributed by atoms with Gasteiger partial charge in [0.15, 0.2) is 6.23 Å². The van der Waals surface area contributed by atoms with Crippen molar-refractivity contribution in [3.05, 3.63) is 113 Å². The third-order valence-electron chi connectivity index (χ3n) is 6.32. The molecule has 5 rings (SSSR count). The molecule has 1 heterocycles. The fourth-order valence-electron chi connectivity index (χ4n) is 4.74. The van der Waals surface area contributed by atoms with Gasteiger partial charge in [-0.15, -0.1) is 0 Å². The van der Waals surface area contributed by atoms with E-state index in [-0.39, 0.29) is 11.3 Å². The normalized spacial score (nSPS) is 15.7. The topological polar surface area (TPSA) is 93.0 Å². The molecule has 4 aromatic rings. The molecule has 6 nitrogen and oxygen atoms in total. The number of nitrogens with zero attached hydrogens (tertiary/aromatic N) is 1. The molecule has 0 aliphatic carbocycles. The van der Waals surface area contributed by atoms with E-state index in [1.54, 1.807) is 29.3 Å². The molecule has 0 bridgehead atoms. The number of phenolic OH excluding ortho intramolecular Hbond substituents is 1. The zero-order valence-electron chi connectivity index (χ0n) is 19.9. The Morgan fingerprint density at radius 2 is 1.58 bits per heavy atom. The summed E-state index contributed by atoms with van der Waals surface area (Å²) in [5.74, 6) is -0.915. The van der Waals surface area contributed by atoms with E-state index in [0.29, 0.717) is 22.5 Å². The van der Waals surface area contributed by atoms with Crippen LogP contribution >= 0.6 is 0 Å². The van der Waals surface area contributed by atoms with Gasteiger partial charge in [-0.3, -0.25) is 0 Å². The predicted octanol–water partition coefficient (Wildman–Crippen LogP) is 6.30. The number of carboxylic acids is 1. The van der Waals surface area contributed by atoms with Gasteiger partial charge in [-0.2, -0.15) is 0 Å². The summed E-state index contributed by atoms with van der Waals surface area (Å²) in [5.41, 5.74) is 7.25. The molecule has 1 atom stereocenters. The van der Waals surface area contributed by atoms with Crippen molar-refractivity contribution in [2.24, 2.45) is 0 Å². The molecule has 180 valence electrons. The highest BCUT2D eigenvalue weighted by atomic mass is 16.4. The zero-order valence-corrected chi connectivity index (χ0v) is 19.9. The average molecular weight is 479 g/mol. The smallest absolute Gasteiger partial charge is 0.335 e. The van der Waals surface area contributed by atoms with E-state index in [4.69, 9.17) is 0 Å². The van der Waals surface area contributed by atoms with Crippen molar-refractivity contribution < 1.29 is 20.1 Å². The number of rotatable bonds is 5. The van der Waals surface area contributed by atoms with Gasteiger partial charge in [0, 0.05) is 28.6 Å². The molecule has 0 amide bonds. The summed E-state index contributed by atoms with van der Waals surface area (Å²) in [4.78, 5) is 13.2. The van der Waals surface area contributed by atoms with E-state index < -0.39 is 12.2 Å². The van der Waals surface area contributed by atoms with Crippen LogP contribution in [0.15, 0.2) is 91.1 Å². The number of aliphatic hydroxyl groups is 1. The van der Waals surface area contributed by atoms with Crippen molar-refractivity contribution in [3.8, 4) is 16.9 Å². The molecule has 4 aromatic carbocycles. The number of fused-ring (bicyclic) bond motifs is 1. The Kier molecular flexibility index (Phi) is 5.96. The van der Waals surface area contributed by atoms with Crippen LogP contribution in [0.25, 0.3) is 16.7 Å². The van der Waals surface area contributed by atoms with Crippen molar-refractivity contribution in [3.63, 3.8) is 0 Å². The largest absolute Gasteiger partial charge is 0.505 e. The molecule has 36 heavy (non-hydrogen) atoms. The standard InChI is InChI=1S/C30H26N2O4/c1-18-13-19(2)15-21(14-18)23-10-6-11-26(28(23)33)31-17-25-24-9-3-4-12-27(24)32(29(25)34)22-8-5-7-20(16-22)30(35)36/h3-17,29,31,33-34H,1-2H3,(H,35,36)/b25-17-. The molecule has 0 saturated carbocycles. The number of hydrogen-bond acceptors (Lipinski definition) is 5. The highest BCUT2D eigenvalue weighted by molar-refractivity contribution is 5.94. The van der Waals surface area contributed by atoms with Gasteiger partial charge in [0.05, 0.1) is 16.9 Å².